The van der Waals surface area contributed by atoms with Crippen molar-refractivity contribution in [1.82, 2.24) is 10.6 Å². The Balaban J connectivity index is 1.73. The number of hydrogen-bond acceptors (Lipinski definition) is 19. The molecule has 0 spiro atoms. The molecule has 0 aliphatic carbocycles. The zero-order valence-corrected chi connectivity index (χ0v) is 34.1. The summed E-state index contributed by atoms with van der Waals surface area (Å²) in [6.45, 7) is 6.79. The minimum absolute atomic E-state index is 0.115. The van der Waals surface area contributed by atoms with Crippen molar-refractivity contribution in [1.29, 1.82) is 0 Å². The van der Waals surface area contributed by atoms with Crippen molar-refractivity contribution in [3.05, 3.63) is 39.1 Å². The van der Waals surface area contributed by atoms with Crippen LogP contribution in [0.4, 0.5) is 4.79 Å². The minimum atomic E-state index is -1.54. The second-order valence-electron chi connectivity index (χ2n) is 12.2. The van der Waals surface area contributed by atoms with E-state index in [1.807, 2.05) is 0 Å². The number of nitrogens with one attached hydrogen (secondary N) is 2. The highest BCUT2D eigenvalue weighted by atomic mass is 32.1. The van der Waals surface area contributed by atoms with Gasteiger partial charge < -0.3 is 62.7 Å². The summed E-state index contributed by atoms with van der Waals surface area (Å²) in [5, 5.41) is 8.90. The van der Waals surface area contributed by atoms with Gasteiger partial charge in [-0.25, -0.2) is 4.79 Å². The third-order valence-corrected chi connectivity index (χ3v) is 8.96. The van der Waals surface area contributed by atoms with Gasteiger partial charge in [0.1, 0.15) is 25.1 Å². The van der Waals surface area contributed by atoms with Crippen molar-refractivity contribution < 1.29 is 80.9 Å². The number of ether oxygens (including phenoxy) is 11. The Labute approximate surface area is 342 Å². The van der Waals surface area contributed by atoms with Crippen LogP contribution in [0, 0.1) is 0 Å². The zero-order chi connectivity index (χ0) is 43.2. The van der Waals surface area contributed by atoms with Crippen LogP contribution < -0.4 is 15.4 Å². The van der Waals surface area contributed by atoms with Crippen molar-refractivity contribution in [2.24, 2.45) is 5.11 Å². The van der Waals surface area contributed by atoms with Gasteiger partial charge in [-0.2, -0.15) is 0 Å². The number of carbonyl (C=O) groups is 6. The maximum absolute atomic E-state index is 13.3. The number of amides is 2. The Morgan fingerprint density at radius 3 is 1.97 bits per heavy atom. The first-order valence-corrected chi connectivity index (χ1v) is 19.1. The van der Waals surface area contributed by atoms with Crippen molar-refractivity contribution in [2.75, 3.05) is 79.6 Å². The van der Waals surface area contributed by atoms with Crippen LogP contribution in [0.2, 0.25) is 0 Å². The predicted molar refractivity (Wildman–Crippen MR) is 203 cm³/mol. The van der Waals surface area contributed by atoms with E-state index in [1.165, 1.54) is 13.1 Å². The number of esters is 4. The van der Waals surface area contributed by atoms with Gasteiger partial charge in [-0.15, -0.1) is 11.3 Å². The maximum atomic E-state index is 13.3. The standard InChI is InChI=1S/C36H49N5O17S/c1-21(42)52-20-28-30(54-22(2)43)31(55-23(3)44)32(56-24(4)45)35(58-28)57-27-7-6-25(19-53-36(47)38-5)33-26(27)18-29(59-33)34(46)39-8-10-48-12-14-50-16-17-51-15-13-49-11-9-40-41-37/h6-7,18,28,30-32,35H,8-17,19-20H2,1-5H3,(H,38,47)(H,39,46)/t28-,30+,31+,32-,35-/m1/s1. The lowest BCUT2D eigenvalue weighted by atomic mass is 9.98. The SMILES string of the molecule is CNC(=O)OCc1ccc(O[C@@H]2O[C@H](COC(C)=O)[C@H](OC(C)=O)[C@H](OC(C)=O)[C@H]2OC(C)=O)c2cc(C(=O)NCCOCCOCCOCCOCCN=[N+]=[N-])sc12. The summed E-state index contributed by atoms with van der Waals surface area (Å²) in [7, 11) is 1.40. The Morgan fingerprint density at radius 2 is 1.37 bits per heavy atom. The number of rotatable bonds is 25. The Morgan fingerprint density at radius 1 is 0.780 bits per heavy atom. The number of carbonyl (C=O) groups excluding carboxylic acids is 6. The average Bonchev–Trinajstić information content (AvgIpc) is 3.64. The van der Waals surface area contributed by atoms with Gasteiger partial charge in [0.15, 0.2) is 12.2 Å². The molecule has 59 heavy (non-hydrogen) atoms. The van der Waals surface area contributed by atoms with Crippen LogP contribution in [-0.2, 0) is 73.2 Å². The molecule has 5 atom stereocenters. The van der Waals surface area contributed by atoms with Gasteiger partial charge >= 0.3 is 30.0 Å². The lowest BCUT2D eigenvalue weighted by Crippen LogP contribution is -2.63. The highest BCUT2D eigenvalue weighted by Gasteiger charge is 2.53. The molecule has 2 N–H and O–H groups in total. The normalized spacial score (nSPS) is 18.5. The number of azide groups is 1. The summed E-state index contributed by atoms with van der Waals surface area (Å²) in [6.07, 6.45) is -7.86. The van der Waals surface area contributed by atoms with E-state index >= 15 is 0 Å². The lowest BCUT2D eigenvalue weighted by molar-refractivity contribution is -0.288. The molecule has 0 bridgehead atoms. The molecule has 3 rings (SSSR count). The van der Waals surface area contributed by atoms with Gasteiger partial charge in [0.05, 0.1) is 57.7 Å². The second-order valence-corrected chi connectivity index (χ2v) is 13.3. The van der Waals surface area contributed by atoms with Gasteiger partial charge in [-0.05, 0) is 17.7 Å². The molecular formula is C36H49N5O17S. The van der Waals surface area contributed by atoms with Crippen LogP contribution in [0.3, 0.4) is 0 Å². The topological polar surface area (TPSA) is 277 Å². The molecule has 2 amide bonds. The van der Waals surface area contributed by atoms with Crippen LogP contribution in [0.1, 0.15) is 42.9 Å². The fourth-order valence-electron chi connectivity index (χ4n) is 5.34. The Hall–Kier alpha value is -5.29. The first-order valence-electron chi connectivity index (χ1n) is 18.3. The van der Waals surface area contributed by atoms with Gasteiger partial charge in [-0.3, -0.25) is 24.0 Å². The highest BCUT2D eigenvalue weighted by molar-refractivity contribution is 7.21. The predicted octanol–water partition coefficient (Wildman–Crippen LogP) is 2.33. The van der Waals surface area contributed by atoms with E-state index in [2.05, 4.69) is 20.7 Å². The molecule has 2 aromatic rings. The van der Waals surface area contributed by atoms with Crippen molar-refractivity contribution >= 4 is 57.3 Å². The summed E-state index contributed by atoms with van der Waals surface area (Å²) in [5.74, 6) is -3.43. The lowest BCUT2D eigenvalue weighted by Gasteiger charge is -2.44. The van der Waals surface area contributed by atoms with Crippen molar-refractivity contribution in [3.63, 3.8) is 0 Å². The van der Waals surface area contributed by atoms with E-state index in [0.29, 0.717) is 55.3 Å². The first kappa shape index (κ1) is 48.1. The molecule has 0 unspecified atom stereocenters. The second kappa shape index (κ2) is 25.9. The molecule has 0 saturated carbocycles. The van der Waals surface area contributed by atoms with Gasteiger partial charge in [0.25, 0.3) is 5.91 Å². The largest absolute Gasteiger partial charge is 0.463 e. The quantitative estimate of drug-likeness (QED) is 0.0362. The summed E-state index contributed by atoms with van der Waals surface area (Å²) in [6, 6.07) is 4.66. The number of thiophene rings is 1. The molecule has 1 saturated heterocycles. The van der Waals surface area contributed by atoms with Crippen LogP contribution >= 0.6 is 11.3 Å². The van der Waals surface area contributed by atoms with Crippen LogP contribution in [0.5, 0.6) is 5.75 Å². The molecule has 326 valence electrons. The molecule has 23 heteroatoms. The Kier molecular flexibility index (Phi) is 21.1. The van der Waals surface area contributed by atoms with E-state index in [-0.39, 0.29) is 43.5 Å². The summed E-state index contributed by atoms with van der Waals surface area (Å²) < 4.78 is 61.4. The van der Waals surface area contributed by atoms with Crippen LogP contribution in [0.25, 0.3) is 20.5 Å². The highest BCUT2D eigenvalue weighted by Crippen LogP contribution is 2.39. The van der Waals surface area contributed by atoms with E-state index in [9.17, 15) is 28.8 Å². The molecule has 1 aromatic carbocycles. The number of hydrogen-bond donors (Lipinski definition) is 2. The fourth-order valence-corrected chi connectivity index (χ4v) is 6.43. The fraction of sp³-hybridized carbons (Fsp3) is 0.611. The molecule has 1 aromatic heterocycles. The number of alkyl carbamates (subject to hydrolysis) is 1. The molecule has 22 nitrogen and oxygen atoms in total. The van der Waals surface area contributed by atoms with Gasteiger partial charge in [0.2, 0.25) is 12.4 Å². The average molecular weight is 856 g/mol. The van der Waals surface area contributed by atoms with E-state index in [4.69, 9.17) is 57.6 Å². The summed E-state index contributed by atoms with van der Waals surface area (Å²) in [4.78, 5) is 76.6. The van der Waals surface area contributed by atoms with Gasteiger partial charge in [-0.1, -0.05) is 11.2 Å². The third kappa shape index (κ3) is 16.8. The van der Waals surface area contributed by atoms with E-state index < -0.39 is 73.2 Å². The molecule has 1 aliphatic rings. The molecule has 2 heterocycles. The molecular weight excluding hydrogens is 806 g/mol. The summed E-state index contributed by atoms with van der Waals surface area (Å²) >= 11 is 1.08. The molecule has 1 fully saturated rings. The zero-order valence-electron chi connectivity index (χ0n) is 33.3. The molecule has 1 aliphatic heterocycles. The van der Waals surface area contributed by atoms with Gasteiger partial charge in [0, 0.05) is 68.4 Å². The van der Waals surface area contributed by atoms with Crippen molar-refractivity contribution in [3.8, 4) is 5.75 Å². The van der Waals surface area contributed by atoms with E-state index in [1.54, 1.807) is 12.1 Å². The van der Waals surface area contributed by atoms with Crippen LogP contribution in [-0.4, -0.2) is 146 Å². The number of fused-ring (bicyclic) bond motifs is 1. The number of nitrogens with zero attached hydrogens (tertiary/aromatic N) is 3. The van der Waals surface area contributed by atoms with Crippen molar-refractivity contribution in [2.45, 2.75) is 65.0 Å². The maximum Gasteiger partial charge on any atom is 0.407 e. The van der Waals surface area contributed by atoms with Crippen LogP contribution in [0.15, 0.2) is 23.3 Å². The Bertz CT molecular complexity index is 1770. The summed E-state index contributed by atoms with van der Waals surface area (Å²) in [5.41, 5.74) is 8.74. The monoisotopic (exact) mass is 855 g/mol. The third-order valence-electron chi connectivity index (χ3n) is 7.75. The van der Waals surface area contributed by atoms with E-state index in [0.717, 1.165) is 39.0 Å². The first-order chi connectivity index (χ1) is 28.3. The molecule has 0 radical (unpaired) electrons. The minimum Gasteiger partial charge on any atom is -0.463 e. The smallest absolute Gasteiger partial charge is 0.407 e. The number of benzene rings is 1.